The lowest BCUT2D eigenvalue weighted by molar-refractivity contribution is 0.841. The van der Waals surface area contributed by atoms with E-state index in [4.69, 9.17) is 5.84 Å². The maximum absolute atomic E-state index is 5.32. The lowest BCUT2D eigenvalue weighted by atomic mass is 10.3. The maximum atomic E-state index is 5.32. The third-order valence-electron chi connectivity index (χ3n) is 2.53. The van der Waals surface area contributed by atoms with Crippen LogP contribution in [0.5, 0.6) is 0 Å². The lowest BCUT2D eigenvalue weighted by Crippen LogP contribution is -2.21. The van der Waals surface area contributed by atoms with E-state index in [0.717, 1.165) is 18.2 Å². The minimum Gasteiger partial charge on any atom is -0.367 e. The van der Waals surface area contributed by atoms with Gasteiger partial charge in [0.15, 0.2) is 5.13 Å². The number of nitrogens with two attached hydrogens (primary N) is 1. The summed E-state index contributed by atoms with van der Waals surface area (Å²) < 4.78 is 0. The molecule has 0 bridgehead atoms. The Labute approximate surface area is 105 Å². The van der Waals surface area contributed by atoms with Gasteiger partial charge in [-0.25, -0.2) is 10.8 Å². The van der Waals surface area contributed by atoms with E-state index in [9.17, 15) is 0 Å². The number of nitrogen functional groups attached to an aromatic ring is 1. The van der Waals surface area contributed by atoms with Crippen molar-refractivity contribution in [3.63, 3.8) is 0 Å². The Balaban J connectivity index is 2.10. The van der Waals surface area contributed by atoms with Gasteiger partial charge in [0.1, 0.15) is 0 Å². The number of benzene rings is 1. The molecule has 0 aliphatic carbocycles. The van der Waals surface area contributed by atoms with Crippen LogP contribution in [0.15, 0.2) is 36.5 Å². The van der Waals surface area contributed by atoms with Crippen LogP contribution in [0.3, 0.4) is 0 Å². The quantitative estimate of drug-likeness (QED) is 0.630. The number of hydrogen-bond donors (Lipinski definition) is 2. The molecule has 0 atom stereocenters. The average Bonchev–Trinajstić information content (AvgIpc) is 2.84. The number of hydrazine groups is 1. The molecule has 0 unspecified atom stereocenters. The molecule has 2 rings (SSSR count). The van der Waals surface area contributed by atoms with Gasteiger partial charge in [0.2, 0.25) is 0 Å². The summed E-state index contributed by atoms with van der Waals surface area (Å²) in [5.41, 5.74) is 3.79. The smallest absolute Gasteiger partial charge is 0.197 e. The van der Waals surface area contributed by atoms with Crippen LogP contribution in [0.1, 0.15) is 11.8 Å². The van der Waals surface area contributed by atoms with Gasteiger partial charge >= 0.3 is 0 Å². The van der Waals surface area contributed by atoms with Crippen LogP contribution in [0.2, 0.25) is 0 Å². The first-order valence-corrected chi connectivity index (χ1v) is 6.36. The third-order valence-corrected chi connectivity index (χ3v) is 3.44. The lowest BCUT2D eigenvalue weighted by Gasteiger charge is -2.21. The fourth-order valence-corrected chi connectivity index (χ4v) is 2.40. The zero-order valence-electron chi connectivity index (χ0n) is 9.76. The van der Waals surface area contributed by atoms with E-state index in [1.807, 2.05) is 12.3 Å². The zero-order chi connectivity index (χ0) is 12.1. The molecule has 5 heteroatoms. The van der Waals surface area contributed by atoms with Crippen LogP contribution in [0.4, 0.5) is 10.8 Å². The normalized spacial score (nSPS) is 10.2. The SMILES string of the molecule is CCN(Cc1cnc(NN)s1)c1ccccc1. The van der Waals surface area contributed by atoms with Crippen molar-refractivity contribution in [2.45, 2.75) is 13.5 Å². The highest BCUT2D eigenvalue weighted by atomic mass is 32.1. The molecule has 90 valence electrons. The van der Waals surface area contributed by atoms with Gasteiger partial charge in [-0.3, -0.25) is 5.43 Å². The highest BCUT2D eigenvalue weighted by Crippen LogP contribution is 2.22. The molecule has 4 nitrogen and oxygen atoms in total. The second kappa shape index (κ2) is 5.65. The molecule has 0 fully saturated rings. The minimum atomic E-state index is 0.754. The first-order chi connectivity index (χ1) is 8.33. The van der Waals surface area contributed by atoms with E-state index in [1.54, 1.807) is 11.3 Å². The third kappa shape index (κ3) is 2.95. The summed E-state index contributed by atoms with van der Waals surface area (Å²) in [6.45, 7) is 3.98. The summed E-state index contributed by atoms with van der Waals surface area (Å²) in [6, 6.07) is 10.4. The van der Waals surface area contributed by atoms with Crippen LogP contribution in [0.25, 0.3) is 0 Å². The van der Waals surface area contributed by atoms with E-state index < -0.39 is 0 Å². The Kier molecular flexibility index (Phi) is 3.95. The minimum absolute atomic E-state index is 0.754. The monoisotopic (exact) mass is 248 g/mol. The highest BCUT2D eigenvalue weighted by Gasteiger charge is 2.07. The fraction of sp³-hybridized carbons (Fsp3) is 0.250. The summed E-state index contributed by atoms with van der Waals surface area (Å²) in [5, 5.41) is 0.754. The largest absolute Gasteiger partial charge is 0.367 e. The van der Waals surface area contributed by atoms with Gasteiger partial charge < -0.3 is 4.90 Å². The first-order valence-electron chi connectivity index (χ1n) is 5.54. The van der Waals surface area contributed by atoms with Crippen molar-refractivity contribution in [3.8, 4) is 0 Å². The van der Waals surface area contributed by atoms with Crippen molar-refractivity contribution in [1.82, 2.24) is 4.98 Å². The van der Waals surface area contributed by atoms with Gasteiger partial charge in [-0.05, 0) is 19.1 Å². The fourth-order valence-electron chi connectivity index (χ4n) is 1.66. The molecule has 0 radical (unpaired) electrons. The predicted octanol–water partition coefficient (Wildman–Crippen LogP) is 2.46. The second-order valence-electron chi connectivity index (χ2n) is 3.63. The van der Waals surface area contributed by atoms with Gasteiger partial charge in [0.25, 0.3) is 0 Å². The van der Waals surface area contributed by atoms with E-state index in [1.165, 1.54) is 10.6 Å². The molecule has 0 saturated heterocycles. The molecule has 0 aliphatic rings. The van der Waals surface area contributed by atoms with Crippen LogP contribution in [0, 0.1) is 0 Å². The summed E-state index contributed by atoms with van der Waals surface area (Å²) in [7, 11) is 0. The molecular weight excluding hydrogens is 232 g/mol. The van der Waals surface area contributed by atoms with Crippen molar-refractivity contribution in [2.24, 2.45) is 5.84 Å². The molecule has 1 aromatic carbocycles. The Morgan fingerprint density at radius 3 is 2.71 bits per heavy atom. The number of rotatable bonds is 5. The summed E-state index contributed by atoms with van der Waals surface area (Å²) in [4.78, 5) is 7.67. The van der Waals surface area contributed by atoms with E-state index >= 15 is 0 Å². The number of nitrogens with one attached hydrogen (secondary N) is 1. The highest BCUT2D eigenvalue weighted by molar-refractivity contribution is 7.15. The van der Waals surface area contributed by atoms with E-state index in [0.29, 0.717) is 0 Å². The van der Waals surface area contributed by atoms with Crippen LogP contribution >= 0.6 is 11.3 Å². The van der Waals surface area contributed by atoms with Crippen molar-refractivity contribution < 1.29 is 0 Å². The van der Waals surface area contributed by atoms with Gasteiger partial charge in [-0.1, -0.05) is 29.5 Å². The van der Waals surface area contributed by atoms with Crippen LogP contribution < -0.4 is 16.2 Å². The van der Waals surface area contributed by atoms with Gasteiger partial charge in [-0.15, -0.1) is 0 Å². The summed E-state index contributed by atoms with van der Waals surface area (Å²) >= 11 is 1.58. The van der Waals surface area contributed by atoms with E-state index in [-0.39, 0.29) is 0 Å². The maximum Gasteiger partial charge on any atom is 0.197 e. The topological polar surface area (TPSA) is 54.2 Å². The Bertz CT molecular complexity index is 455. The summed E-state index contributed by atoms with van der Waals surface area (Å²) in [5.74, 6) is 5.32. The molecule has 1 heterocycles. The number of hydrogen-bond acceptors (Lipinski definition) is 5. The van der Waals surface area contributed by atoms with Gasteiger partial charge in [0.05, 0.1) is 6.54 Å². The molecule has 17 heavy (non-hydrogen) atoms. The molecular formula is C12H16N4S. The van der Waals surface area contributed by atoms with Gasteiger partial charge in [-0.2, -0.15) is 0 Å². The molecule has 3 N–H and O–H groups in total. The Morgan fingerprint density at radius 1 is 1.35 bits per heavy atom. The number of nitrogens with zero attached hydrogens (tertiary/aromatic N) is 2. The standard InChI is InChI=1S/C12H16N4S/c1-2-16(10-6-4-3-5-7-10)9-11-8-14-12(15-13)17-11/h3-8H,2,9,13H2,1H3,(H,14,15). The number of thiazole rings is 1. The average molecular weight is 248 g/mol. The molecule has 0 spiro atoms. The van der Waals surface area contributed by atoms with Crippen molar-refractivity contribution >= 4 is 22.2 Å². The van der Waals surface area contributed by atoms with Crippen LogP contribution in [-0.4, -0.2) is 11.5 Å². The van der Waals surface area contributed by atoms with Crippen LogP contribution in [-0.2, 0) is 6.54 Å². The molecule has 0 aliphatic heterocycles. The first kappa shape index (κ1) is 11.9. The second-order valence-corrected chi connectivity index (χ2v) is 4.74. The van der Waals surface area contributed by atoms with Gasteiger partial charge in [0, 0.05) is 23.3 Å². The number of anilines is 2. The zero-order valence-corrected chi connectivity index (χ0v) is 10.6. The Morgan fingerprint density at radius 2 is 2.12 bits per heavy atom. The Hall–Kier alpha value is -1.59. The van der Waals surface area contributed by atoms with Crippen molar-refractivity contribution in [2.75, 3.05) is 16.9 Å². The predicted molar refractivity (Wildman–Crippen MR) is 73.1 cm³/mol. The van der Waals surface area contributed by atoms with Crippen molar-refractivity contribution in [1.29, 1.82) is 0 Å². The molecule has 2 aromatic rings. The van der Waals surface area contributed by atoms with Crippen molar-refractivity contribution in [3.05, 3.63) is 41.4 Å². The molecule has 0 saturated carbocycles. The molecule has 0 amide bonds. The number of aromatic nitrogens is 1. The molecule has 1 aromatic heterocycles. The number of para-hydroxylation sites is 1. The summed E-state index contributed by atoms with van der Waals surface area (Å²) in [6.07, 6.45) is 1.87. The van der Waals surface area contributed by atoms with E-state index in [2.05, 4.69) is 46.5 Å².